The van der Waals surface area contributed by atoms with Crippen molar-refractivity contribution in [2.24, 2.45) is 17.2 Å². The zero-order valence-electron chi connectivity index (χ0n) is 22.9. The Balaban J connectivity index is 2.88. The van der Waals surface area contributed by atoms with Crippen molar-refractivity contribution in [2.45, 2.75) is 72.4 Å². The average molecular weight is 488 g/mol. The number of nitrogens with two attached hydrogens (primary N) is 1. The Kier molecular flexibility index (Phi) is 11.1. The normalized spacial score (nSPS) is 14.3. The fourth-order valence-electron chi connectivity index (χ4n) is 4.24. The van der Waals surface area contributed by atoms with Crippen molar-refractivity contribution in [3.05, 3.63) is 47.5 Å². The summed E-state index contributed by atoms with van der Waals surface area (Å²) in [5, 5.41) is 6.21. The van der Waals surface area contributed by atoms with Gasteiger partial charge in [0.15, 0.2) is 0 Å². The smallest absolute Gasteiger partial charge is 0.260 e. The summed E-state index contributed by atoms with van der Waals surface area (Å²) in [7, 11) is 3.52. The molecule has 0 saturated carbocycles. The first-order valence-electron chi connectivity index (χ1n) is 12.1. The van der Waals surface area contributed by atoms with Gasteiger partial charge in [-0.2, -0.15) is 0 Å². The number of nitrogens with one attached hydrogen (secondary N) is 3. The molecule has 1 rings (SSSR count). The van der Waals surface area contributed by atoms with Gasteiger partial charge in [-0.05, 0) is 30.9 Å². The number of carbonyl (C=O) groups is 3. The lowest BCUT2D eigenvalue weighted by Crippen LogP contribution is -2.54. The maximum Gasteiger partial charge on any atom is 0.260 e. The molecule has 0 aliphatic heterocycles. The minimum Gasteiger partial charge on any atom is -0.354 e. The van der Waals surface area contributed by atoms with Crippen LogP contribution in [0.5, 0.6) is 0 Å². The van der Waals surface area contributed by atoms with Crippen LogP contribution in [-0.2, 0) is 19.8 Å². The molecule has 0 unspecified atom stereocenters. The molecule has 3 amide bonds. The molecule has 0 fully saturated rings. The number of hydrogen-bond donors (Lipinski definition) is 4. The van der Waals surface area contributed by atoms with E-state index >= 15 is 0 Å². The number of amides is 3. The van der Waals surface area contributed by atoms with Gasteiger partial charge in [-0.3, -0.25) is 19.8 Å². The van der Waals surface area contributed by atoms with Crippen LogP contribution in [0.3, 0.4) is 0 Å². The molecule has 5 N–H and O–H groups in total. The summed E-state index contributed by atoms with van der Waals surface area (Å²) >= 11 is 0. The van der Waals surface area contributed by atoms with Gasteiger partial charge in [-0.15, -0.1) is 0 Å². The van der Waals surface area contributed by atoms with E-state index in [9.17, 15) is 14.4 Å². The molecular weight excluding hydrogens is 442 g/mol. The second-order valence-corrected chi connectivity index (χ2v) is 10.9. The summed E-state index contributed by atoms with van der Waals surface area (Å²) in [5.41, 5.74) is 2.75. The minimum atomic E-state index is -0.467. The number of benzene rings is 1. The standard InChI is InChI=1S/C27H45N5O3/c1-18(2)21(15-19(3)24(34)31-28)32(9)22(33)16-26(4,5)17-30-25(35)23(29-8)27(6,7)20-13-11-10-12-14-20/h10-15,18,21,23,29H,16-17,28H2,1-9H3,(H,30,35)(H,31,34)/b19-15+/t21-,23-/m1/s1. The third kappa shape index (κ3) is 8.47. The van der Waals surface area contributed by atoms with E-state index in [0.29, 0.717) is 12.1 Å². The summed E-state index contributed by atoms with van der Waals surface area (Å²) in [6.45, 7) is 14.0. The summed E-state index contributed by atoms with van der Waals surface area (Å²) in [4.78, 5) is 39.8. The third-order valence-corrected chi connectivity index (χ3v) is 6.59. The molecule has 0 saturated heterocycles. The number of carbonyl (C=O) groups excluding carboxylic acids is 3. The van der Waals surface area contributed by atoms with Crippen molar-refractivity contribution in [1.29, 1.82) is 0 Å². The summed E-state index contributed by atoms with van der Waals surface area (Å²) in [5.74, 6) is 4.79. The van der Waals surface area contributed by atoms with Crippen molar-refractivity contribution in [3.8, 4) is 0 Å². The summed E-state index contributed by atoms with van der Waals surface area (Å²) in [6.07, 6.45) is 2.01. The Morgan fingerprint density at radius 1 is 1.09 bits per heavy atom. The lowest BCUT2D eigenvalue weighted by atomic mass is 9.77. The molecule has 8 nitrogen and oxygen atoms in total. The van der Waals surface area contributed by atoms with Gasteiger partial charge in [0.25, 0.3) is 5.91 Å². The van der Waals surface area contributed by atoms with Crippen LogP contribution in [0.1, 0.15) is 60.5 Å². The van der Waals surface area contributed by atoms with Gasteiger partial charge in [-0.25, -0.2) is 5.84 Å². The highest BCUT2D eigenvalue weighted by Crippen LogP contribution is 2.28. The third-order valence-electron chi connectivity index (χ3n) is 6.59. The first-order valence-corrected chi connectivity index (χ1v) is 12.1. The van der Waals surface area contributed by atoms with Crippen molar-refractivity contribution in [3.63, 3.8) is 0 Å². The maximum absolute atomic E-state index is 13.2. The second kappa shape index (κ2) is 12.8. The minimum absolute atomic E-state index is 0.0602. The van der Waals surface area contributed by atoms with Crippen LogP contribution in [0.25, 0.3) is 0 Å². The Labute approximate surface area is 211 Å². The Morgan fingerprint density at radius 2 is 1.66 bits per heavy atom. The van der Waals surface area contributed by atoms with E-state index in [1.165, 1.54) is 0 Å². The first-order chi connectivity index (χ1) is 16.2. The fraction of sp³-hybridized carbons (Fsp3) is 0.593. The van der Waals surface area contributed by atoms with Crippen LogP contribution in [0.15, 0.2) is 42.0 Å². The molecule has 1 aromatic rings. The summed E-state index contributed by atoms with van der Waals surface area (Å²) in [6, 6.07) is 9.24. The molecule has 0 aliphatic rings. The van der Waals surface area contributed by atoms with Crippen molar-refractivity contribution < 1.29 is 14.4 Å². The molecular formula is C27H45N5O3. The Bertz CT molecular complexity index is 893. The Hall–Kier alpha value is -2.71. The molecule has 0 radical (unpaired) electrons. The molecule has 0 bridgehead atoms. The van der Waals surface area contributed by atoms with Crippen molar-refractivity contribution >= 4 is 17.7 Å². The van der Waals surface area contributed by atoms with Crippen LogP contribution in [0.4, 0.5) is 0 Å². The van der Waals surface area contributed by atoms with Crippen LogP contribution in [0.2, 0.25) is 0 Å². The quantitative estimate of drug-likeness (QED) is 0.156. The van der Waals surface area contributed by atoms with Crippen LogP contribution >= 0.6 is 0 Å². The predicted octanol–water partition coefficient (Wildman–Crippen LogP) is 2.50. The van der Waals surface area contributed by atoms with Gasteiger partial charge < -0.3 is 15.5 Å². The lowest BCUT2D eigenvalue weighted by molar-refractivity contribution is -0.134. The second-order valence-electron chi connectivity index (χ2n) is 10.9. The maximum atomic E-state index is 13.2. The number of nitrogens with zero attached hydrogens (tertiary/aromatic N) is 1. The summed E-state index contributed by atoms with van der Waals surface area (Å²) < 4.78 is 0. The van der Waals surface area contributed by atoms with Gasteiger partial charge in [0.2, 0.25) is 11.8 Å². The van der Waals surface area contributed by atoms with E-state index in [1.807, 2.05) is 71.9 Å². The van der Waals surface area contributed by atoms with Crippen LogP contribution < -0.4 is 21.9 Å². The molecule has 1 aromatic carbocycles. The molecule has 35 heavy (non-hydrogen) atoms. The van der Waals surface area contributed by atoms with Crippen LogP contribution in [-0.4, -0.2) is 55.3 Å². The van der Waals surface area contributed by atoms with E-state index < -0.39 is 16.9 Å². The van der Waals surface area contributed by atoms with E-state index in [4.69, 9.17) is 5.84 Å². The largest absolute Gasteiger partial charge is 0.354 e. The van der Waals surface area contributed by atoms with E-state index in [2.05, 4.69) is 16.1 Å². The fourth-order valence-corrected chi connectivity index (χ4v) is 4.24. The Morgan fingerprint density at radius 3 is 2.14 bits per heavy atom. The van der Waals surface area contributed by atoms with Crippen molar-refractivity contribution in [1.82, 2.24) is 21.0 Å². The van der Waals surface area contributed by atoms with Gasteiger partial charge in [0, 0.05) is 31.0 Å². The number of likely N-dealkylation sites (N-methyl/N-ethyl adjacent to an activating group) is 2. The van der Waals surface area contributed by atoms with Crippen molar-refractivity contribution in [2.75, 3.05) is 20.6 Å². The van der Waals surface area contributed by atoms with Gasteiger partial charge in [0.05, 0.1) is 12.1 Å². The number of hydrogen-bond acceptors (Lipinski definition) is 5. The average Bonchev–Trinajstić information content (AvgIpc) is 2.80. The molecule has 0 heterocycles. The topological polar surface area (TPSA) is 117 Å². The van der Waals surface area contributed by atoms with Gasteiger partial charge in [0.1, 0.15) is 0 Å². The molecule has 2 atom stereocenters. The molecule has 0 spiro atoms. The molecule has 0 aliphatic carbocycles. The van der Waals surface area contributed by atoms with Gasteiger partial charge >= 0.3 is 0 Å². The number of rotatable bonds is 12. The van der Waals surface area contributed by atoms with E-state index in [1.54, 1.807) is 32.0 Å². The first kappa shape index (κ1) is 30.3. The highest BCUT2D eigenvalue weighted by atomic mass is 16.2. The highest BCUT2D eigenvalue weighted by Gasteiger charge is 2.36. The van der Waals surface area contributed by atoms with Crippen LogP contribution in [0, 0.1) is 11.3 Å². The zero-order chi connectivity index (χ0) is 27.0. The molecule has 8 heteroatoms. The lowest BCUT2D eigenvalue weighted by Gasteiger charge is -2.35. The molecule has 196 valence electrons. The van der Waals surface area contributed by atoms with Gasteiger partial charge in [-0.1, -0.05) is 78.0 Å². The molecule has 0 aromatic heterocycles. The SMILES string of the molecule is CN[C@H](C(=O)NCC(C)(C)CC(=O)N(C)[C@H](/C=C(\C)C(=O)NN)C(C)C)C(C)(C)c1ccccc1. The van der Waals surface area contributed by atoms with E-state index in [-0.39, 0.29) is 36.1 Å². The monoisotopic (exact) mass is 487 g/mol. The predicted molar refractivity (Wildman–Crippen MR) is 141 cm³/mol. The highest BCUT2D eigenvalue weighted by molar-refractivity contribution is 5.92. The van der Waals surface area contributed by atoms with E-state index in [0.717, 1.165) is 5.56 Å². The zero-order valence-corrected chi connectivity index (χ0v) is 22.9. The number of hydrazine groups is 1.